The zero-order valence-electron chi connectivity index (χ0n) is 10.4. The molecule has 0 aliphatic heterocycles. The summed E-state index contributed by atoms with van der Waals surface area (Å²) in [5, 5.41) is 23.4. The van der Waals surface area contributed by atoms with Crippen molar-refractivity contribution in [2.24, 2.45) is 0 Å². The van der Waals surface area contributed by atoms with E-state index in [9.17, 15) is 15.2 Å². The molecular formula is C13H12BrN3O3. The second-order valence-electron chi connectivity index (χ2n) is 4.07. The maximum absolute atomic E-state index is 11.0. The lowest BCUT2D eigenvalue weighted by molar-refractivity contribution is -0.384. The van der Waals surface area contributed by atoms with E-state index in [0.717, 1.165) is 5.56 Å². The first kappa shape index (κ1) is 14.4. The number of benzene rings is 1. The highest BCUT2D eigenvalue weighted by Crippen LogP contribution is 2.28. The number of aliphatic hydroxyl groups excluding tert-OH is 1. The Hall–Kier alpha value is -1.99. The Labute approximate surface area is 123 Å². The molecule has 0 radical (unpaired) electrons. The molecule has 0 bridgehead atoms. The van der Waals surface area contributed by atoms with Gasteiger partial charge in [-0.25, -0.2) is 4.98 Å². The Balaban J connectivity index is 2.31. The molecule has 20 heavy (non-hydrogen) atoms. The third-order valence-electron chi connectivity index (χ3n) is 2.73. The molecule has 6 nitrogen and oxygen atoms in total. The molecule has 1 unspecified atom stereocenters. The molecule has 0 spiro atoms. The van der Waals surface area contributed by atoms with E-state index in [0.29, 0.717) is 4.47 Å². The van der Waals surface area contributed by atoms with Crippen LogP contribution in [0, 0.1) is 10.1 Å². The molecule has 1 heterocycles. The zero-order valence-corrected chi connectivity index (χ0v) is 11.9. The normalized spacial score (nSPS) is 11.9. The molecule has 0 fully saturated rings. The summed E-state index contributed by atoms with van der Waals surface area (Å²) < 4.78 is 0.523. The Morgan fingerprint density at radius 2 is 2.10 bits per heavy atom. The predicted octanol–water partition coefficient (Wildman–Crippen LogP) is 2.90. The standard InChI is InChI=1S/C13H12BrN3O3/c14-10-6-12(17(19)20)13(15-7-10)16-11(8-18)9-4-2-1-3-5-9/h1-7,11,18H,8H2,(H,15,16). The van der Waals surface area contributed by atoms with Crippen LogP contribution in [0.1, 0.15) is 11.6 Å². The minimum Gasteiger partial charge on any atom is -0.394 e. The van der Waals surface area contributed by atoms with Crippen LogP contribution < -0.4 is 5.32 Å². The number of nitro groups is 1. The number of pyridine rings is 1. The van der Waals surface area contributed by atoms with Crippen LogP contribution in [0.15, 0.2) is 47.1 Å². The number of nitrogens with zero attached hydrogens (tertiary/aromatic N) is 2. The first-order chi connectivity index (χ1) is 9.61. The molecule has 0 saturated carbocycles. The average molecular weight is 338 g/mol. The van der Waals surface area contributed by atoms with Crippen molar-refractivity contribution < 1.29 is 10.0 Å². The van der Waals surface area contributed by atoms with Crippen LogP contribution in [0.5, 0.6) is 0 Å². The van der Waals surface area contributed by atoms with E-state index in [4.69, 9.17) is 0 Å². The third-order valence-corrected chi connectivity index (χ3v) is 3.16. The topological polar surface area (TPSA) is 88.3 Å². The minimum atomic E-state index is -0.514. The van der Waals surface area contributed by atoms with E-state index >= 15 is 0 Å². The van der Waals surface area contributed by atoms with Crippen molar-refractivity contribution in [3.8, 4) is 0 Å². The van der Waals surface area contributed by atoms with Crippen molar-refractivity contribution in [1.82, 2.24) is 4.98 Å². The molecule has 1 atom stereocenters. The van der Waals surface area contributed by atoms with E-state index in [1.54, 1.807) is 0 Å². The summed E-state index contributed by atoms with van der Waals surface area (Å²) in [4.78, 5) is 14.5. The summed E-state index contributed by atoms with van der Waals surface area (Å²) in [6.07, 6.45) is 1.47. The van der Waals surface area contributed by atoms with Crippen molar-refractivity contribution in [1.29, 1.82) is 0 Å². The molecule has 7 heteroatoms. The molecule has 1 aromatic carbocycles. The molecule has 104 valence electrons. The van der Waals surface area contributed by atoms with E-state index in [1.807, 2.05) is 30.3 Å². The van der Waals surface area contributed by atoms with Crippen LogP contribution in [-0.2, 0) is 0 Å². The molecule has 0 saturated heterocycles. The Bertz CT molecular complexity index is 607. The van der Waals surface area contributed by atoms with Gasteiger partial charge in [0.15, 0.2) is 0 Å². The third kappa shape index (κ3) is 3.31. The fourth-order valence-electron chi connectivity index (χ4n) is 1.76. The first-order valence-electron chi connectivity index (χ1n) is 5.84. The maximum Gasteiger partial charge on any atom is 0.312 e. The second kappa shape index (κ2) is 6.44. The SMILES string of the molecule is O=[N+]([O-])c1cc(Br)cnc1NC(CO)c1ccccc1. The number of nitrogens with one attached hydrogen (secondary N) is 1. The Morgan fingerprint density at radius 1 is 1.40 bits per heavy atom. The van der Waals surface area contributed by atoms with E-state index in [2.05, 4.69) is 26.2 Å². The van der Waals surface area contributed by atoms with Gasteiger partial charge in [0, 0.05) is 16.7 Å². The fraction of sp³-hybridized carbons (Fsp3) is 0.154. The monoisotopic (exact) mass is 337 g/mol. The fourth-order valence-corrected chi connectivity index (χ4v) is 2.08. The van der Waals surface area contributed by atoms with Gasteiger partial charge in [-0.05, 0) is 21.5 Å². The van der Waals surface area contributed by atoms with Crippen LogP contribution in [-0.4, -0.2) is 21.6 Å². The number of aromatic nitrogens is 1. The number of anilines is 1. The molecule has 0 amide bonds. The summed E-state index contributed by atoms with van der Waals surface area (Å²) >= 11 is 3.15. The Morgan fingerprint density at radius 3 is 2.70 bits per heavy atom. The zero-order chi connectivity index (χ0) is 14.5. The lowest BCUT2D eigenvalue weighted by atomic mass is 10.1. The van der Waals surface area contributed by atoms with Crippen LogP contribution in [0.2, 0.25) is 0 Å². The molecule has 2 rings (SSSR count). The van der Waals surface area contributed by atoms with Gasteiger partial charge in [-0.2, -0.15) is 0 Å². The Kier molecular flexibility index (Phi) is 4.65. The van der Waals surface area contributed by atoms with Crippen LogP contribution in [0.4, 0.5) is 11.5 Å². The summed E-state index contributed by atoms with van der Waals surface area (Å²) in [5.41, 5.74) is 0.683. The maximum atomic E-state index is 11.0. The van der Waals surface area contributed by atoms with Crippen molar-refractivity contribution in [2.45, 2.75) is 6.04 Å². The van der Waals surface area contributed by atoms with E-state index in [-0.39, 0.29) is 18.1 Å². The van der Waals surface area contributed by atoms with Crippen molar-refractivity contribution in [3.63, 3.8) is 0 Å². The number of rotatable bonds is 5. The highest BCUT2D eigenvalue weighted by atomic mass is 79.9. The van der Waals surface area contributed by atoms with Crippen molar-refractivity contribution >= 4 is 27.4 Å². The van der Waals surface area contributed by atoms with Gasteiger partial charge in [0.2, 0.25) is 5.82 Å². The smallest absolute Gasteiger partial charge is 0.312 e. The van der Waals surface area contributed by atoms with Crippen molar-refractivity contribution in [3.05, 3.63) is 62.7 Å². The summed E-state index contributed by atoms with van der Waals surface area (Å²) in [6.45, 7) is -0.196. The average Bonchev–Trinajstić information content (AvgIpc) is 2.46. The van der Waals surface area contributed by atoms with Gasteiger partial charge >= 0.3 is 5.69 Å². The molecule has 2 N–H and O–H groups in total. The highest BCUT2D eigenvalue weighted by molar-refractivity contribution is 9.10. The lowest BCUT2D eigenvalue weighted by Crippen LogP contribution is -2.16. The minimum absolute atomic E-state index is 0.126. The lowest BCUT2D eigenvalue weighted by Gasteiger charge is -2.17. The summed E-state index contributed by atoms with van der Waals surface area (Å²) in [5.74, 6) is 0.126. The molecule has 0 aliphatic rings. The highest BCUT2D eigenvalue weighted by Gasteiger charge is 2.19. The summed E-state index contributed by atoms with van der Waals surface area (Å²) in [6, 6.07) is 10.1. The number of hydrogen-bond donors (Lipinski definition) is 2. The first-order valence-corrected chi connectivity index (χ1v) is 6.63. The number of hydrogen-bond acceptors (Lipinski definition) is 5. The van der Waals surface area contributed by atoms with E-state index < -0.39 is 11.0 Å². The van der Waals surface area contributed by atoms with Crippen LogP contribution >= 0.6 is 15.9 Å². The second-order valence-corrected chi connectivity index (χ2v) is 4.98. The van der Waals surface area contributed by atoms with Crippen LogP contribution in [0.3, 0.4) is 0 Å². The molecule has 0 aliphatic carbocycles. The number of halogens is 1. The van der Waals surface area contributed by atoms with E-state index in [1.165, 1.54) is 12.3 Å². The van der Waals surface area contributed by atoms with Gasteiger partial charge in [-0.3, -0.25) is 10.1 Å². The molecular weight excluding hydrogens is 326 g/mol. The van der Waals surface area contributed by atoms with Gasteiger partial charge < -0.3 is 10.4 Å². The largest absolute Gasteiger partial charge is 0.394 e. The van der Waals surface area contributed by atoms with Gasteiger partial charge in [0.05, 0.1) is 17.6 Å². The quantitative estimate of drug-likeness (QED) is 0.646. The van der Waals surface area contributed by atoms with Gasteiger partial charge in [0.1, 0.15) is 0 Å². The van der Waals surface area contributed by atoms with Crippen LogP contribution in [0.25, 0.3) is 0 Å². The van der Waals surface area contributed by atoms with Gasteiger partial charge in [-0.1, -0.05) is 30.3 Å². The van der Waals surface area contributed by atoms with Gasteiger partial charge in [-0.15, -0.1) is 0 Å². The summed E-state index contributed by atoms with van der Waals surface area (Å²) in [7, 11) is 0. The predicted molar refractivity (Wildman–Crippen MR) is 78.5 cm³/mol. The molecule has 1 aromatic heterocycles. The number of aliphatic hydroxyl groups is 1. The molecule has 2 aromatic rings. The van der Waals surface area contributed by atoms with Gasteiger partial charge in [0.25, 0.3) is 0 Å². The van der Waals surface area contributed by atoms with Crippen molar-refractivity contribution in [2.75, 3.05) is 11.9 Å².